The fraction of sp³-hybridized carbons (Fsp3) is 0.267. The molecule has 3 heteroatoms. The Hall–Kier alpha value is -1.90. The fourth-order valence-corrected chi connectivity index (χ4v) is 1.85. The minimum Gasteiger partial charge on any atom is -0.469 e. The Labute approximate surface area is 105 Å². The molecule has 0 aliphatic carbocycles. The first-order chi connectivity index (χ1) is 8.65. The van der Waals surface area contributed by atoms with Crippen LogP contribution in [0.15, 0.2) is 41.0 Å². The van der Waals surface area contributed by atoms with Crippen molar-refractivity contribution in [2.75, 3.05) is 0 Å². The van der Waals surface area contributed by atoms with E-state index >= 15 is 0 Å². The van der Waals surface area contributed by atoms with Gasteiger partial charge in [-0.05, 0) is 42.3 Å². The normalized spacial score (nSPS) is 10.6. The van der Waals surface area contributed by atoms with Gasteiger partial charge in [-0.15, -0.1) is 0 Å². The van der Waals surface area contributed by atoms with Crippen LogP contribution in [-0.4, -0.2) is 5.78 Å². The summed E-state index contributed by atoms with van der Waals surface area (Å²) in [5.74, 6) is 0.605. The molecule has 0 N–H and O–H groups in total. The average molecular weight is 246 g/mol. The summed E-state index contributed by atoms with van der Waals surface area (Å²) in [6.45, 7) is 1.88. The first kappa shape index (κ1) is 12.6. The van der Waals surface area contributed by atoms with Crippen LogP contribution in [0.2, 0.25) is 0 Å². The van der Waals surface area contributed by atoms with Crippen molar-refractivity contribution >= 4 is 5.78 Å². The quantitative estimate of drug-likeness (QED) is 0.808. The van der Waals surface area contributed by atoms with Crippen LogP contribution in [0.1, 0.15) is 23.3 Å². The van der Waals surface area contributed by atoms with Gasteiger partial charge in [0.05, 0.1) is 6.26 Å². The number of furan rings is 1. The molecule has 0 unspecified atom stereocenters. The molecule has 0 bridgehead atoms. The van der Waals surface area contributed by atoms with Crippen LogP contribution >= 0.6 is 0 Å². The molecule has 2 aromatic rings. The van der Waals surface area contributed by atoms with Crippen LogP contribution < -0.4 is 0 Å². The van der Waals surface area contributed by atoms with E-state index in [9.17, 15) is 9.18 Å². The number of rotatable bonds is 5. The van der Waals surface area contributed by atoms with Crippen molar-refractivity contribution in [1.82, 2.24) is 0 Å². The molecule has 18 heavy (non-hydrogen) atoms. The number of Topliss-reactive ketones (excluding diaryl/α,β-unsaturated/α-hetero) is 1. The fourth-order valence-electron chi connectivity index (χ4n) is 1.85. The Morgan fingerprint density at radius 1 is 1.33 bits per heavy atom. The summed E-state index contributed by atoms with van der Waals surface area (Å²) in [6.07, 6.45) is 2.89. The second-order valence-electron chi connectivity index (χ2n) is 4.37. The van der Waals surface area contributed by atoms with Gasteiger partial charge in [0.15, 0.2) is 0 Å². The number of hydrogen-bond donors (Lipinski definition) is 0. The van der Waals surface area contributed by atoms with E-state index in [0.717, 1.165) is 16.9 Å². The number of halogens is 1. The molecule has 0 amide bonds. The lowest BCUT2D eigenvalue weighted by Gasteiger charge is -2.05. The second-order valence-corrected chi connectivity index (χ2v) is 4.37. The molecule has 1 aromatic carbocycles. The minimum absolute atomic E-state index is 0.0973. The maximum Gasteiger partial charge on any atom is 0.137 e. The van der Waals surface area contributed by atoms with Gasteiger partial charge < -0.3 is 4.42 Å². The molecule has 0 aliphatic rings. The topological polar surface area (TPSA) is 30.2 Å². The molecular formula is C15H15FO2. The van der Waals surface area contributed by atoms with Crippen LogP contribution in [0.25, 0.3) is 0 Å². The summed E-state index contributed by atoms with van der Waals surface area (Å²) in [5, 5.41) is 0. The van der Waals surface area contributed by atoms with E-state index < -0.39 is 0 Å². The van der Waals surface area contributed by atoms with E-state index in [1.807, 2.05) is 13.0 Å². The van der Waals surface area contributed by atoms with Gasteiger partial charge in [-0.1, -0.05) is 6.07 Å². The molecule has 0 fully saturated rings. The predicted molar refractivity (Wildman–Crippen MR) is 66.9 cm³/mol. The number of ketones is 1. The third kappa shape index (κ3) is 3.29. The minimum atomic E-state index is -0.297. The van der Waals surface area contributed by atoms with Crippen LogP contribution in [-0.2, 0) is 17.6 Å². The smallest absolute Gasteiger partial charge is 0.137 e. The SMILES string of the molecule is Cc1ccc(F)cc1CC(=O)CCc1ccco1. The van der Waals surface area contributed by atoms with Gasteiger partial charge in [0.2, 0.25) is 0 Å². The summed E-state index contributed by atoms with van der Waals surface area (Å²) in [5.41, 5.74) is 1.71. The maximum atomic E-state index is 13.1. The highest BCUT2D eigenvalue weighted by molar-refractivity contribution is 5.81. The Balaban J connectivity index is 1.92. The van der Waals surface area contributed by atoms with E-state index in [1.54, 1.807) is 18.4 Å². The van der Waals surface area contributed by atoms with Gasteiger partial charge in [0.1, 0.15) is 17.4 Å². The highest BCUT2D eigenvalue weighted by atomic mass is 19.1. The third-order valence-electron chi connectivity index (χ3n) is 2.93. The van der Waals surface area contributed by atoms with Crippen molar-refractivity contribution in [3.63, 3.8) is 0 Å². The van der Waals surface area contributed by atoms with Gasteiger partial charge in [0.25, 0.3) is 0 Å². The molecule has 2 rings (SSSR count). The van der Waals surface area contributed by atoms with Crippen molar-refractivity contribution in [3.05, 3.63) is 59.3 Å². The summed E-state index contributed by atoms with van der Waals surface area (Å²) in [4.78, 5) is 11.8. The molecule has 94 valence electrons. The van der Waals surface area contributed by atoms with Gasteiger partial charge in [-0.2, -0.15) is 0 Å². The number of aryl methyl sites for hydroxylation is 2. The second kappa shape index (κ2) is 5.63. The lowest BCUT2D eigenvalue weighted by Crippen LogP contribution is -2.05. The Morgan fingerprint density at radius 3 is 2.89 bits per heavy atom. The lowest BCUT2D eigenvalue weighted by molar-refractivity contribution is -0.118. The molecule has 0 aliphatic heterocycles. The summed E-state index contributed by atoms with van der Waals surface area (Å²) < 4.78 is 18.2. The third-order valence-corrected chi connectivity index (χ3v) is 2.93. The first-order valence-corrected chi connectivity index (χ1v) is 5.94. The van der Waals surface area contributed by atoms with E-state index in [2.05, 4.69) is 0 Å². The predicted octanol–water partition coefficient (Wildman–Crippen LogP) is 3.47. The molecule has 1 heterocycles. The van der Waals surface area contributed by atoms with Gasteiger partial charge >= 0.3 is 0 Å². The molecule has 1 aromatic heterocycles. The monoisotopic (exact) mass is 246 g/mol. The van der Waals surface area contributed by atoms with Gasteiger partial charge in [-0.25, -0.2) is 4.39 Å². The standard InChI is InChI=1S/C15H15FO2/c1-11-4-5-13(16)9-12(11)10-14(17)6-7-15-3-2-8-18-15/h2-5,8-9H,6-7,10H2,1H3. The molecule has 0 saturated heterocycles. The van der Waals surface area contributed by atoms with Crippen LogP contribution in [0, 0.1) is 12.7 Å². The molecule has 0 radical (unpaired) electrons. The molecule has 0 atom stereocenters. The summed E-state index contributed by atoms with van der Waals surface area (Å²) >= 11 is 0. The van der Waals surface area contributed by atoms with E-state index in [0.29, 0.717) is 12.8 Å². The highest BCUT2D eigenvalue weighted by Crippen LogP contribution is 2.13. The number of benzene rings is 1. The zero-order valence-electron chi connectivity index (χ0n) is 10.3. The van der Waals surface area contributed by atoms with Crippen molar-refractivity contribution < 1.29 is 13.6 Å². The van der Waals surface area contributed by atoms with Gasteiger partial charge in [-0.3, -0.25) is 4.79 Å². The zero-order valence-corrected chi connectivity index (χ0v) is 10.3. The Kier molecular flexibility index (Phi) is 3.92. The zero-order chi connectivity index (χ0) is 13.0. The highest BCUT2D eigenvalue weighted by Gasteiger charge is 2.08. The van der Waals surface area contributed by atoms with Crippen LogP contribution in [0.5, 0.6) is 0 Å². The maximum absolute atomic E-state index is 13.1. The number of carbonyl (C=O) groups is 1. The van der Waals surface area contributed by atoms with Crippen molar-refractivity contribution in [2.45, 2.75) is 26.2 Å². The number of carbonyl (C=O) groups excluding carboxylic acids is 1. The van der Waals surface area contributed by atoms with E-state index in [1.165, 1.54) is 12.1 Å². The molecule has 0 spiro atoms. The van der Waals surface area contributed by atoms with Gasteiger partial charge in [0, 0.05) is 19.3 Å². The van der Waals surface area contributed by atoms with Crippen LogP contribution in [0.3, 0.4) is 0 Å². The van der Waals surface area contributed by atoms with Crippen LogP contribution in [0.4, 0.5) is 4.39 Å². The Bertz CT molecular complexity index is 529. The average Bonchev–Trinajstić information content (AvgIpc) is 2.84. The molecule has 0 saturated carbocycles. The summed E-state index contributed by atoms with van der Waals surface area (Å²) in [7, 11) is 0. The van der Waals surface area contributed by atoms with E-state index in [4.69, 9.17) is 4.42 Å². The number of hydrogen-bond acceptors (Lipinski definition) is 2. The lowest BCUT2D eigenvalue weighted by atomic mass is 10.0. The van der Waals surface area contributed by atoms with Crippen molar-refractivity contribution in [1.29, 1.82) is 0 Å². The van der Waals surface area contributed by atoms with Crippen molar-refractivity contribution in [3.8, 4) is 0 Å². The van der Waals surface area contributed by atoms with Crippen molar-refractivity contribution in [2.24, 2.45) is 0 Å². The first-order valence-electron chi connectivity index (χ1n) is 5.94. The molecule has 2 nitrogen and oxygen atoms in total. The Morgan fingerprint density at radius 2 is 2.17 bits per heavy atom. The van der Waals surface area contributed by atoms with E-state index in [-0.39, 0.29) is 18.0 Å². The molecular weight excluding hydrogens is 231 g/mol. The largest absolute Gasteiger partial charge is 0.469 e. The summed E-state index contributed by atoms with van der Waals surface area (Å²) in [6, 6.07) is 8.19.